The minimum Gasteiger partial charge on any atom is -0.481 e. The Bertz CT molecular complexity index is 1200. The first-order chi connectivity index (χ1) is 15.4. The number of amides is 1. The number of hydrogen-bond acceptors (Lipinski definition) is 3. The Morgan fingerprint density at radius 3 is 2.41 bits per heavy atom. The predicted molar refractivity (Wildman–Crippen MR) is 127 cm³/mol. The normalized spacial score (nSPS) is 24.4. The van der Waals surface area contributed by atoms with Crippen LogP contribution >= 0.6 is 15.9 Å². The van der Waals surface area contributed by atoms with Gasteiger partial charge < -0.3 is 10.4 Å². The highest BCUT2D eigenvalue weighted by Gasteiger charge is 2.45. The Hall–Kier alpha value is -2.73. The largest absolute Gasteiger partial charge is 0.481 e. The number of carboxylic acids is 1. The van der Waals surface area contributed by atoms with Crippen LogP contribution in [0.1, 0.15) is 41.6 Å². The van der Waals surface area contributed by atoms with Gasteiger partial charge in [-0.15, -0.1) is 0 Å². The molecule has 1 aromatic heterocycles. The Balaban J connectivity index is 1.55. The highest BCUT2D eigenvalue weighted by Crippen LogP contribution is 2.45. The van der Waals surface area contributed by atoms with E-state index in [4.69, 9.17) is 4.98 Å². The molecule has 3 aromatic rings. The van der Waals surface area contributed by atoms with E-state index in [1.54, 1.807) is 0 Å². The van der Waals surface area contributed by atoms with Gasteiger partial charge in [0.25, 0.3) is 5.91 Å². The van der Waals surface area contributed by atoms with Gasteiger partial charge in [0.15, 0.2) is 0 Å². The van der Waals surface area contributed by atoms with Crippen molar-refractivity contribution in [3.8, 4) is 11.3 Å². The molecule has 2 N–H and O–H groups in total. The number of carbonyl (C=O) groups is 2. The molecular formula is C26H25BrN2O3. The molecule has 1 heterocycles. The summed E-state index contributed by atoms with van der Waals surface area (Å²) in [6, 6.07) is 15.8. The van der Waals surface area contributed by atoms with Crippen LogP contribution in [0.2, 0.25) is 0 Å². The van der Waals surface area contributed by atoms with Crippen LogP contribution in [0.5, 0.6) is 0 Å². The maximum absolute atomic E-state index is 13.7. The maximum Gasteiger partial charge on any atom is 0.306 e. The van der Waals surface area contributed by atoms with Gasteiger partial charge in [-0.05, 0) is 68.2 Å². The Kier molecular flexibility index (Phi) is 5.49. The number of aliphatic carboxylic acids is 1. The van der Waals surface area contributed by atoms with E-state index in [9.17, 15) is 14.7 Å². The number of halogens is 1. The van der Waals surface area contributed by atoms with Crippen molar-refractivity contribution >= 4 is 38.7 Å². The van der Waals surface area contributed by atoms with E-state index >= 15 is 0 Å². The summed E-state index contributed by atoms with van der Waals surface area (Å²) in [4.78, 5) is 30.1. The van der Waals surface area contributed by atoms with E-state index in [2.05, 4.69) is 21.2 Å². The Labute approximate surface area is 195 Å². The third kappa shape index (κ3) is 3.71. The second-order valence-corrected chi connectivity index (χ2v) is 10.0. The molecule has 0 spiro atoms. The number of fused-ring (bicyclic) bond motifs is 3. The smallest absolute Gasteiger partial charge is 0.306 e. The zero-order valence-corrected chi connectivity index (χ0v) is 19.4. The molecule has 1 amide bonds. The second kappa shape index (κ2) is 8.32. The van der Waals surface area contributed by atoms with E-state index in [0.29, 0.717) is 18.4 Å². The molecule has 0 aliphatic heterocycles. The molecule has 2 aliphatic carbocycles. The monoisotopic (exact) mass is 492 g/mol. The first kappa shape index (κ1) is 21.1. The van der Waals surface area contributed by atoms with E-state index in [1.165, 1.54) is 0 Å². The van der Waals surface area contributed by atoms with Crippen molar-refractivity contribution in [3.63, 3.8) is 0 Å². The van der Waals surface area contributed by atoms with Gasteiger partial charge in [0.05, 0.1) is 22.7 Å². The molecule has 2 aromatic carbocycles. The Morgan fingerprint density at radius 2 is 1.75 bits per heavy atom. The zero-order chi connectivity index (χ0) is 22.4. The summed E-state index contributed by atoms with van der Waals surface area (Å²) in [5, 5.41) is 13.6. The van der Waals surface area contributed by atoms with Crippen molar-refractivity contribution in [2.75, 3.05) is 0 Å². The van der Waals surface area contributed by atoms with Gasteiger partial charge in [-0.2, -0.15) is 0 Å². The summed E-state index contributed by atoms with van der Waals surface area (Å²) in [5.41, 5.74) is 4.06. The molecule has 2 unspecified atom stereocenters. The van der Waals surface area contributed by atoms with Crippen LogP contribution in [0.25, 0.3) is 22.2 Å². The average Bonchev–Trinajstić information content (AvgIpc) is 3.00. The molecule has 0 radical (unpaired) electrons. The minimum absolute atomic E-state index is 0.0352. The highest BCUT2D eigenvalue weighted by molar-refractivity contribution is 9.10. The fourth-order valence-corrected chi connectivity index (χ4v) is 6.05. The van der Waals surface area contributed by atoms with E-state index in [0.717, 1.165) is 45.0 Å². The van der Waals surface area contributed by atoms with Gasteiger partial charge in [0, 0.05) is 21.5 Å². The van der Waals surface area contributed by atoms with Gasteiger partial charge in [-0.3, -0.25) is 9.59 Å². The lowest BCUT2D eigenvalue weighted by Gasteiger charge is -2.34. The van der Waals surface area contributed by atoms with Crippen LogP contribution in [-0.4, -0.2) is 28.0 Å². The quantitative estimate of drug-likeness (QED) is 0.497. The first-order valence-electron chi connectivity index (χ1n) is 11.1. The lowest BCUT2D eigenvalue weighted by atomic mass is 9.77. The molecule has 164 valence electrons. The van der Waals surface area contributed by atoms with Crippen molar-refractivity contribution in [1.29, 1.82) is 0 Å². The van der Waals surface area contributed by atoms with Crippen LogP contribution in [-0.2, 0) is 4.79 Å². The van der Waals surface area contributed by atoms with Gasteiger partial charge in [0.1, 0.15) is 0 Å². The number of carboxylic acid groups (broad SMARTS) is 1. The average molecular weight is 493 g/mol. The zero-order valence-electron chi connectivity index (χ0n) is 17.8. The third-order valence-corrected chi connectivity index (χ3v) is 7.70. The third-order valence-electron chi connectivity index (χ3n) is 7.21. The standard InChI is InChI=1S/C26H25BrN2O3/c1-14-22(25(30)29-24-16-7-8-17(24)12-18(11-16)26(31)32)20-13-19(27)9-10-21(20)28-23(14)15-5-3-2-4-6-15/h2-6,9-10,13,16-18,24H,7-8,11-12H2,1H3,(H,29,30)(H,31,32)/t16-,17+,18?,24?. The topological polar surface area (TPSA) is 79.3 Å². The van der Waals surface area contributed by atoms with E-state index in [1.807, 2.05) is 55.5 Å². The van der Waals surface area contributed by atoms with Crippen molar-refractivity contribution < 1.29 is 14.7 Å². The molecule has 5 rings (SSSR count). The summed E-state index contributed by atoms with van der Waals surface area (Å²) >= 11 is 3.54. The number of rotatable bonds is 4. The number of pyridine rings is 1. The van der Waals surface area contributed by atoms with Gasteiger partial charge in [-0.1, -0.05) is 46.3 Å². The summed E-state index contributed by atoms with van der Waals surface area (Å²) in [7, 11) is 0. The van der Waals surface area contributed by atoms with Gasteiger partial charge in [0.2, 0.25) is 0 Å². The number of nitrogens with one attached hydrogen (secondary N) is 1. The van der Waals surface area contributed by atoms with Crippen molar-refractivity contribution in [3.05, 3.63) is 64.1 Å². The van der Waals surface area contributed by atoms with E-state index in [-0.39, 0.29) is 29.7 Å². The molecule has 2 aliphatic rings. The van der Waals surface area contributed by atoms with Crippen LogP contribution in [0.15, 0.2) is 53.0 Å². The molecule has 2 bridgehead atoms. The van der Waals surface area contributed by atoms with Gasteiger partial charge in [-0.25, -0.2) is 4.98 Å². The SMILES string of the molecule is Cc1c(-c2ccccc2)nc2ccc(Br)cc2c1C(=O)NC1[C@@H]2CC[C@H]1CC(C(=O)O)C2. The molecule has 2 saturated carbocycles. The molecule has 6 heteroatoms. The van der Waals surface area contributed by atoms with Crippen molar-refractivity contribution in [2.45, 2.75) is 38.6 Å². The highest BCUT2D eigenvalue weighted by atomic mass is 79.9. The molecule has 4 atom stereocenters. The summed E-state index contributed by atoms with van der Waals surface area (Å²) in [6.07, 6.45) is 3.26. The van der Waals surface area contributed by atoms with Crippen molar-refractivity contribution in [2.24, 2.45) is 17.8 Å². The van der Waals surface area contributed by atoms with Crippen molar-refractivity contribution in [1.82, 2.24) is 10.3 Å². The van der Waals surface area contributed by atoms with Crippen LogP contribution in [0.4, 0.5) is 0 Å². The summed E-state index contributed by atoms with van der Waals surface area (Å²) in [6.45, 7) is 1.96. The van der Waals surface area contributed by atoms with Gasteiger partial charge >= 0.3 is 5.97 Å². The molecule has 32 heavy (non-hydrogen) atoms. The number of carbonyl (C=O) groups excluding carboxylic acids is 1. The molecule has 0 saturated heterocycles. The molecule has 5 nitrogen and oxygen atoms in total. The fraction of sp³-hybridized carbons (Fsp3) is 0.346. The van der Waals surface area contributed by atoms with Crippen LogP contribution < -0.4 is 5.32 Å². The number of benzene rings is 2. The molecule has 2 fully saturated rings. The lowest BCUT2D eigenvalue weighted by molar-refractivity contribution is -0.143. The number of nitrogens with zero attached hydrogens (tertiary/aromatic N) is 1. The molecular weight excluding hydrogens is 468 g/mol. The minimum atomic E-state index is -0.708. The van der Waals surface area contributed by atoms with E-state index < -0.39 is 5.97 Å². The fourth-order valence-electron chi connectivity index (χ4n) is 5.69. The number of hydrogen-bond donors (Lipinski definition) is 2. The summed E-state index contributed by atoms with van der Waals surface area (Å²) < 4.78 is 0.898. The first-order valence-corrected chi connectivity index (χ1v) is 11.9. The van der Waals surface area contributed by atoms with Crippen LogP contribution in [0, 0.1) is 24.7 Å². The van der Waals surface area contributed by atoms with Crippen LogP contribution in [0.3, 0.4) is 0 Å². The second-order valence-electron chi connectivity index (χ2n) is 9.09. The summed E-state index contributed by atoms with van der Waals surface area (Å²) in [5.74, 6) is -0.634. The predicted octanol–water partition coefficient (Wildman–Crippen LogP) is 5.59. The maximum atomic E-state index is 13.7. The number of aromatic nitrogens is 1. The Morgan fingerprint density at radius 1 is 1.06 bits per heavy atom. The lowest BCUT2D eigenvalue weighted by Crippen LogP contribution is -2.46.